The standard InChI is InChI=1S/C13H16ClNO4/c14-11-9-10(13(16)17)1-2-12(11)19-8-5-15-3-6-18-7-4-15/h1-2,9H,3-8H2,(H,16,17). The van der Waals surface area contributed by atoms with Crippen molar-refractivity contribution in [2.75, 3.05) is 39.5 Å². The normalized spacial score (nSPS) is 16.3. The van der Waals surface area contributed by atoms with Gasteiger partial charge in [-0.05, 0) is 18.2 Å². The molecule has 0 atom stereocenters. The minimum atomic E-state index is -0.998. The Balaban J connectivity index is 1.83. The van der Waals surface area contributed by atoms with Crippen LogP contribution in [-0.2, 0) is 4.74 Å². The van der Waals surface area contributed by atoms with Crippen LogP contribution in [0.3, 0.4) is 0 Å². The zero-order valence-electron chi connectivity index (χ0n) is 10.5. The molecule has 0 amide bonds. The van der Waals surface area contributed by atoms with Crippen molar-refractivity contribution >= 4 is 17.6 Å². The minimum Gasteiger partial charge on any atom is -0.491 e. The molecule has 0 saturated carbocycles. The molecule has 2 rings (SSSR count). The lowest BCUT2D eigenvalue weighted by molar-refractivity contribution is 0.0322. The Morgan fingerprint density at radius 2 is 2.16 bits per heavy atom. The van der Waals surface area contributed by atoms with Crippen LogP contribution in [-0.4, -0.2) is 55.4 Å². The number of carbonyl (C=O) groups is 1. The van der Waals surface area contributed by atoms with E-state index in [0.717, 1.165) is 32.8 Å². The van der Waals surface area contributed by atoms with Gasteiger partial charge in [0.05, 0.1) is 23.8 Å². The van der Waals surface area contributed by atoms with E-state index in [9.17, 15) is 4.79 Å². The maximum atomic E-state index is 10.8. The third kappa shape index (κ3) is 4.09. The molecule has 5 nitrogen and oxygen atoms in total. The van der Waals surface area contributed by atoms with Gasteiger partial charge in [0.1, 0.15) is 12.4 Å². The molecule has 1 aromatic rings. The number of carboxylic acid groups (broad SMARTS) is 1. The van der Waals surface area contributed by atoms with Gasteiger partial charge in [-0.25, -0.2) is 4.79 Å². The molecule has 19 heavy (non-hydrogen) atoms. The number of hydrogen-bond donors (Lipinski definition) is 1. The lowest BCUT2D eigenvalue weighted by Crippen LogP contribution is -2.38. The summed E-state index contributed by atoms with van der Waals surface area (Å²) in [4.78, 5) is 13.0. The van der Waals surface area contributed by atoms with Crippen LogP contribution in [0.4, 0.5) is 0 Å². The molecule has 0 aromatic heterocycles. The van der Waals surface area contributed by atoms with Gasteiger partial charge in [-0.1, -0.05) is 11.6 Å². The molecule has 1 aliphatic heterocycles. The van der Waals surface area contributed by atoms with Crippen LogP contribution < -0.4 is 4.74 Å². The van der Waals surface area contributed by atoms with Crippen molar-refractivity contribution in [3.05, 3.63) is 28.8 Å². The van der Waals surface area contributed by atoms with Crippen LogP contribution in [0, 0.1) is 0 Å². The molecule has 1 heterocycles. The fourth-order valence-corrected chi connectivity index (χ4v) is 2.10. The van der Waals surface area contributed by atoms with Gasteiger partial charge in [0, 0.05) is 19.6 Å². The van der Waals surface area contributed by atoms with Crippen LogP contribution in [0.2, 0.25) is 5.02 Å². The van der Waals surface area contributed by atoms with E-state index in [1.165, 1.54) is 12.1 Å². The second kappa shape index (κ2) is 6.75. The average Bonchev–Trinajstić information content (AvgIpc) is 2.41. The quantitative estimate of drug-likeness (QED) is 0.893. The summed E-state index contributed by atoms with van der Waals surface area (Å²) in [5.41, 5.74) is 0.158. The first-order valence-corrected chi connectivity index (χ1v) is 6.50. The number of benzene rings is 1. The Morgan fingerprint density at radius 3 is 2.79 bits per heavy atom. The number of hydrogen-bond acceptors (Lipinski definition) is 4. The first kappa shape index (κ1) is 14.1. The molecule has 6 heteroatoms. The number of halogens is 1. The van der Waals surface area contributed by atoms with Gasteiger partial charge in [0.15, 0.2) is 0 Å². The Morgan fingerprint density at radius 1 is 1.42 bits per heavy atom. The number of morpholine rings is 1. The number of carboxylic acids is 1. The Bertz CT molecular complexity index is 446. The predicted octanol–water partition coefficient (Wildman–Crippen LogP) is 1.75. The zero-order valence-corrected chi connectivity index (χ0v) is 11.2. The molecule has 1 aliphatic rings. The number of aromatic carboxylic acids is 1. The molecule has 0 bridgehead atoms. The maximum absolute atomic E-state index is 10.8. The van der Waals surface area contributed by atoms with E-state index >= 15 is 0 Å². The summed E-state index contributed by atoms with van der Waals surface area (Å²) in [6, 6.07) is 4.47. The maximum Gasteiger partial charge on any atom is 0.335 e. The Labute approximate surface area is 116 Å². The van der Waals surface area contributed by atoms with Crippen molar-refractivity contribution < 1.29 is 19.4 Å². The topological polar surface area (TPSA) is 59.0 Å². The molecule has 0 unspecified atom stereocenters. The van der Waals surface area contributed by atoms with Gasteiger partial charge in [-0.15, -0.1) is 0 Å². The first-order valence-electron chi connectivity index (χ1n) is 6.12. The Kier molecular flexibility index (Phi) is 5.01. The third-order valence-electron chi connectivity index (χ3n) is 2.95. The highest BCUT2D eigenvalue weighted by Gasteiger charge is 2.11. The van der Waals surface area contributed by atoms with Crippen LogP contribution in [0.25, 0.3) is 0 Å². The van der Waals surface area contributed by atoms with E-state index in [2.05, 4.69) is 4.90 Å². The molecule has 0 spiro atoms. The van der Waals surface area contributed by atoms with Crippen molar-refractivity contribution in [3.63, 3.8) is 0 Å². The van der Waals surface area contributed by atoms with Crippen LogP contribution >= 0.6 is 11.6 Å². The minimum absolute atomic E-state index is 0.158. The Hall–Kier alpha value is -1.30. The summed E-state index contributed by atoms with van der Waals surface area (Å²) in [6.45, 7) is 4.67. The fourth-order valence-electron chi connectivity index (χ4n) is 1.86. The van der Waals surface area contributed by atoms with E-state index in [1.807, 2.05) is 0 Å². The van der Waals surface area contributed by atoms with Crippen LogP contribution in [0.15, 0.2) is 18.2 Å². The van der Waals surface area contributed by atoms with E-state index in [0.29, 0.717) is 17.4 Å². The smallest absolute Gasteiger partial charge is 0.335 e. The van der Waals surface area contributed by atoms with Crippen molar-refractivity contribution in [1.29, 1.82) is 0 Å². The number of ether oxygens (including phenoxy) is 2. The highest BCUT2D eigenvalue weighted by atomic mass is 35.5. The van der Waals surface area contributed by atoms with E-state index in [4.69, 9.17) is 26.2 Å². The van der Waals surface area contributed by atoms with Gasteiger partial charge >= 0.3 is 5.97 Å². The lowest BCUT2D eigenvalue weighted by Gasteiger charge is -2.26. The van der Waals surface area contributed by atoms with Crippen LogP contribution in [0.1, 0.15) is 10.4 Å². The van der Waals surface area contributed by atoms with Crippen molar-refractivity contribution in [2.24, 2.45) is 0 Å². The number of nitrogens with zero attached hydrogens (tertiary/aromatic N) is 1. The summed E-state index contributed by atoms with van der Waals surface area (Å²) in [5, 5.41) is 9.15. The van der Waals surface area contributed by atoms with E-state index < -0.39 is 5.97 Å². The predicted molar refractivity (Wildman–Crippen MR) is 71.2 cm³/mol. The third-order valence-corrected chi connectivity index (χ3v) is 3.24. The zero-order chi connectivity index (χ0) is 13.7. The summed E-state index contributed by atoms with van der Waals surface area (Å²) in [6.07, 6.45) is 0. The largest absolute Gasteiger partial charge is 0.491 e. The summed E-state index contributed by atoms with van der Waals surface area (Å²) >= 11 is 5.97. The molecule has 0 aliphatic carbocycles. The van der Waals surface area contributed by atoms with Crippen LogP contribution in [0.5, 0.6) is 5.75 Å². The van der Waals surface area contributed by atoms with Crippen molar-refractivity contribution in [2.45, 2.75) is 0 Å². The molecule has 0 radical (unpaired) electrons. The first-order chi connectivity index (χ1) is 9.16. The second-order valence-corrected chi connectivity index (χ2v) is 4.66. The monoisotopic (exact) mass is 285 g/mol. The summed E-state index contributed by atoms with van der Waals surface area (Å²) < 4.78 is 10.8. The van der Waals surface area contributed by atoms with Gasteiger partial charge in [-0.3, -0.25) is 4.90 Å². The highest BCUT2D eigenvalue weighted by molar-refractivity contribution is 6.32. The summed E-state index contributed by atoms with van der Waals surface area (Å²) in [5.74, 6) is -0.485. The van der Waals surface area contributed by atoms with Gasteiger partial charge < -0.3 is 14.6 Å². The van der Waals surface area contributed by atoms with Gasteiger partial charge in [-0.2, -0.15) is 0 Å². The second-order valence-electron chi connectivity index (χ2n) is 4.25. The lowest BCUT2D eigenvalue weighted by atomic mass is 10.2. The van der Waals surface area contributed by atoms with E-state index in [1.54, 1.807) is 6.07 Å². The molecular formula is C13H16ClNO4. The highest BCUT2D eigenvalue weighted by Crippen LogP contribution is 2.25. The molecule has 104 valence electrons. The summed E-state index contributed by atoms with van der Waals surface area (Å²) in [7, 11) is 0. The van der Waals surface area contributed by atoms with Crippen molar-refractivity contribution in [3.8, 4) is 5.75 Å². The average molecular weight is 286 g/mol. The van der Waals surface area contributed by atoms with Crippen molar-refractivity contribution in [1.82, 2.24) is 4.90 Å². The molecule has 1 N–H and O–H groups in total. The molecular weight excluding hydrogens is 270 g/mol. The fraction of sp³-hybridized carbons (Fsp3) is 0.462. The van der Waals surface area contributed by atoms with Gasteiger partial charge in [0.2, 0.25) is 0 Å². The SMILES string of the molecule is O=C(O)c1ccc(OCCN2CCOCC2)c(Cl)c1. The number of rotatable bonds is 5. The molecule has 1 saturated heterocycles. The molecule has 1 aromatic carbocycles. The van der Waals surface area contributed by atoms with E-state index in [-0.39, 0.29) is 5.56 Å². The molecule has 1 fully saturated rings. The van der Waals surface area contributed by atoms with Gasteiger partial charge in [0.25, 0.3) is 0 Å².